The molecule has 0 aromatic heterocycles. The fraction of sp³-hybridized carbons (Fsp3) is 0.800. The molecule has 1 unspecified atom stereocenters. The van der Waals surface area contributed by atoms with Crippen LogP contribution in [0.1, 0.15) is 26.2 Å². The number of rotatable bonds is 4. The maximum absolute atomic E-state index is 9.22. The molecule has 0 aromatic rings. The van der Waals surface area contributed by atoms with E-state index in [9.17, 15) is 5.11 Å². The van der Waals surface area contributed by atoms with Crippen LogP contribution in [0, 0.1) is 0 Å². The van der Waals surface area contributed by atoms with E-state index in [0.717, 1.165) is 32.5 Å². The minimum atomic E-state index is -0.330. The normalized spacial score (nSPS) is 22.3. The molecular weight excluding hydrogens is 168 g/mol. The van der Waals surface area contributed by atoms with E-state index in [1.54, 1.807) is 6.08 Å². The summed E-state index contributed by atoms with van der Waals surface area (Å²) in [5, 5.41) is 9.22. The standard InChI is InChI=1S/C10H18O3/c1-2-9(11)5-3-6-10-12-7-4-8-13-10/h3,5,9-11H,2,4,6-8H2,1H3. The van der Waals surface area contributed by atoms with E-state index in [-0.39, 0.29) is 12.4 Å². The predicted octanol–water partition coefficient (Wildman–Crippen LogP) is 1.47. The Morgan fingerprint density at radius 2 is 2.15 bits per heavy atom. The van der Waals surface area contributed by atoms with E-state index in [0.29, 0.717) is 0 Å². The average Bonchev–Trinajstić information content (AvgIpc) is 2.19. The van der Waals surface area contributed by atoms with Gasteiger partial charge in [0.25, 0.3) is 0 Å². The van der Waals surface area contributed by atoms with Crippen LogP contribution in [0.5, 0.6) is 0 Å². The van der Waals surface area contributed by atoms with E-state index >= 15 is 0 Å². The van der Waals surface area contributed by atoms with E-state index in [4.69, 9.17) is 9.47 Å². The molecule has 0 saturated carbocycles. The molecule has 76 valence electrons. The van der Waals surface area contributed by atoms with Crippen molar-refractivity contribution >= 4 is 0 Å². The Labute approximate surface area is 79.3 Å². The largest absolute Gasteiger partial charge is 0.389 e. The number of aliphatic hydroxyl groups is 1. The third kappa shape index (κ3) is 4.41. The lowest BCUT2D eigenvalue weighted by atomic mass is 10.2. The average molecular weight is 186 g/mol. The fourth-order valence-electron chi connectivity index (χ4n) is 1.16. The predicted molar refractivity (Wildman–Crippen MR) is 50.4 cm³/mol. The van der Waals surface area contributed by atoms with Gasteiger partial charge in [-0.15, -0.1) is 0 Å². The molecule has 0 spiro atoms. The zero-order valence-corrected chi connectivity index (χ0v) is 8.11. The van der Waals surface area contributed by atoms with Gasteiger partial charge in [0.2, 0.25) is 0 Å². The molecule has 1 aliphatic heterocycles. The summed E-state index contributed by atoms with van der Waals surface area (Å²) in [5.74, 6) is 0. The van der Waals surface area contributed by atoms with Crippen molar-refractivity contribution in [2.75, 3.05) is 13.2 Å². The summed E-state index contributed by atoms with van der Waals surface area (Å²) in [5.41, 5.74) is 0. The smallest absolute Gasteiger partial charge is 0.160 e. The number of aliphatic hydroxyl groups excluding tert-OH is 1. The monoisotopic (exact) mass is 186 g/mol. The van der Waals surface area contributed by atoms with Crippen LogP contribution in [0.4, 0.5) is 0 Å². The van der Waals surface area contributed by atoms with Crippen LogP contribution in [0.2, 0.25) is 0 Å². The summed E-state index contributed by atoms with van der Waals surface area (Å²) >= 11 is 0. The molecule has 1 heterocycles. The van der Waals surface area contributed by atoms with E-state index in [2.05, 4.69) is 0 Å². The maximum atomic E-state index is 9.22. The Bertz CT molecular complexity index is 150. The van der Waals surface area contributed by atoms with Crippen molar-refractivity contribution in [1.82, 2.24) is 0 Å². The zero-order chi connectivity index (χ0) is 9.52. The molecule has 0 aliphatic carbocycles. The summed E-state index contributed by atoms with van der Waals surface area (Å²) in [4.78, 5) is 0. The van der Waals surface area contributed by atoms with Gasteiger partial charge in [0, 0.05) is 6.42 Å². The van der Waals surface area contributed by atoms with Crippen molar-refractivity contribution in [1.29, 1.82) is 0 Å². The molecule has 1 rings (SSSR count). The third-order valence-electron chi connectivity index (χ3n) is 2.00. The second-order valence-corrected chi connectivity index (χ2v) is 3.16. The van der Waals surface area contributed by atoms with Gasteiger partial charge in [0.05, 0.1) is 19.3 Å². The molecule has 0 amide bonds. The minimum absolute atomic E-state index is 0.103. The lowest BCUT2D eigenvalue weighted by molar-refractivity contribution is -0.175. The summed E-state index contributed by atoms with van der Waals surface area (Å²) in [6.45, 7) is 3.52. The molecule has 0 aromatic carbocycles. The third-order valence-corrected chi connectivity index (χ3v) is 2.00. The van der Waals surface area contributed by atoms with Gasteiger partial charge in [-0.05, 0) is 12.8 Å². The second kappa shape index (κ2) is 6.13. The van der Waals surface area contributed by atoms with Crippen LogP contribution in [-0.4, -0.2) is 30.7 Å². The van der Waals surface area contributed by atoms with Gasteiger partial charge in [-0.25, -0.2) is 0 Å². The highest BCUT2D eigenvalue weighted by Crippen LogP contribution is 2.09. The Hall–Kier alpha value is -0.380. The van der Waals surface area contributed by atoms with Gasteiger partial charge < -0.3 is 14.6 Å². The van der Waals surface area contributed by atoms with Crippen LogP contribution in [0.15, 0.2) is 12.2 Å². The van der Waals surface area contributed by atoms with E-state index in [1.807, 2.05) is 13.0 Å². The first kappa shape index (κ1) is 10.7. The van der Waals surface area contributed by atoms with E-state index in [1.165, 1.54) is 0 Å². The minimum Gasteiger partial charge on any atom is -0.389 e. The highest BCUT2D eigenvalue weighted by Gasteiger charge is 2.11. The summed E-state index contributed by atoms with van der Waals surface area (Å²) < 4.78 is 10.7. The number of hydrogen-bond acceptors (Lipinski definition) is 3. The topological polar surface area (TPSA) is 38.7 Å². The lowest BCUT2D eigenvalue weighted by Gasteiger charge is -2.21. The molecule has 0 bridgehead atoms. The van der Waals surface area contributed by atoms with Crippen molar-refractivity contribution in [2.24, 2.45) is 0 Å². The van der Waals surface area contributed by atoms with Crippen molar-refractivity contribution in [3.05, 3.63) is 12.2 Å². The SMILES string of the molecule is CCC(O)C=CCC1OCCCO1. The number of hydrogen-bond donors (Lipinski definition) is 1. The molecule has 13 heavy (non-hydrogen) atoms. The Morgan fingerprint density at radius 1 is 1.46 bits per heavy atom. The zero-order valence-electron chi connectivity index (χ0n) is 8.11. The van der Waals surface area contributed by atoms with Crippen LogP contribution < -0.4 is 0 Å². The van der Waals surface area contributed by atoms with Gasteiger partial charge in [-0.1, -0.05) is 19.1 Å². The quantitative estimate of drug-likeness (QED) is 0.676. The van der Waals surface area contributed by atoms with Gasteiger partial charge >= 0.3 is 0 Å². The van der Waals surface area contributed by atoms with Crippen LogP contribution in [0.25, 0.3) is 0 Å². The van der Waals surface area contributed by atoms with Gasteiger partial charge in [0.15, 0.2) is 6.29 Å². The van der Waals surface area contributed by atoms with Crippen LogP contribution in [-0.2, 0) is 9.47 Å². The van der Waals surface area contributed by atoms with Crippen molar-refractivity contribution in [2.45, 2.75) is 38.6 Å². The summed E-state index contributed by atoms with van der Waals surface area (Å²) in [7, 11) is 0. The van der Waals surface area contributed by atoms with Crippen molar-refractivity contribution in [3.63, 3.8) is 0 Å². The molecule has 3 nitrogen and oxygen atoms in total. The van der Waals surface area contributed by atoms with Crippen molar-refractivity contribution in [3.8, 4) is 0 Å². The lowest BCUT2D eigenvalue weighted by Crippen LogP contribution is -2.24. The van der Waals surface area contributed by atoms with Gasteiger partial charge in [-0.3, -0.25) is 0 Å². The number of ether oxygens (including phenoxy) is 2. The Kier molecular flexibility index (Phi) is 5.05. The molecule has 0 radical (unpaired) electrons. The maximum Gasteiger partial charge on any atom is 0.160 e. The first-order valence-electron chi connectivity index (χ1n) is 4.91. The second-order valence-electron chi connectivity index (χ2n) is 3.16. The van der Waals surface area contributed by atoms with Crippen LogP contribution in [0.3, 0.4) is 0 Å². The molecule has 1 fully saturated rings. The van der Waals surface area contributed by atoms with Crippen molar-refractivity contribution < 1.29 is 14.6 Å². The molecule has 1 saturated heterocycles. The molecule has 1 N–H and O–H groups in total. The summed E-state index contributed by atoms with van der Waals surface area (Å²) in [6, 6.07) is 0. The Balaban J connectivity index is 2.13. The highest BCUT2D eigenvalue weighted by atomic mass is 16.7. The fourth-order valence-corrected chi connectivity index (χ4v) is 1.16. The molecule has 1 atom stereocenters. The van der Waals surface area contributed by atoms with Crippen LogP contribution >= 0.6 is 0 Å². The first-order valence-corrected chi connectivity index (χ1v) is 4.91. The summed E-state index contributed by atoms with van der Waals surface area (Å²) in [6.07, 6.45) is 5.75. The Morgan fingerprint density at radius 3 is 2.77 bits per heavy atom. The molecular formula is C10H18O3. The molecule has 1 aliphatic rings. The molecule has 3 heteroatoms. The van der Waals surface area contributed by atoms with Gasteiger partial charge in [-0.2, -0.15) is 0 Å². The van der Waals surface area contributed by atoms with Gasteiger partial charge in [0.1, 0.15) is 0 Å². The first-order chi connectivity index (χ1) is 6.33. The van der Waals surface area contributed by atoms with E-state index < -0.39 is 0 Å². The highest BCUT2D eigenvalue weighted by molar-refractivity contribution is 4.88.